The standard InChI is InChI=1S/C23H23N3O6/c1-30-19-14-17(26-23(29)18-9-6-12-32-18)20(31-2)13-16(19)25-22(28)11-10-21(27)24-15-7-4-3-5-8-15/h3-9,12-14H,10-11H2,1-2H3,(H,24,27)(H,25,28)(H,26,29). The van der Waals surface area contributed by atoms with E-state index in [1.54, 1.807) is 18.2 Å². The topological polar surface area (TPSA) is 119 Å². The van der Waals surface area contributed by atoms with Crippen LogP contribution in [0.1, 0.15) is 23.4 Å². The summed E-state index contributed by atoms with van der Waals surface area (Å²) in [5, 5.41) is 8.12. The highest BCUT2D eigenvalue weighted by Crippen LogP contribution is 2.36. The minimum atomic E-state index is -0.462. The van der Waals surface area contributed by atoms with E-state index in [-0.39, 0.29) is 30.4 Å². The largest absolute Gasteiger partial charge is 0.494 e. The van der Waals surface area contributed by atoms with Crippen molar-refractivity contribution in [2.75, 3.05) is 30.2 Å². The van der Waals surface area contributed by atoms with E-state index >= 15 is 0 Å². The highest BCUT2D eigenvalue weighted by Gasteiger charge is 2.17. The number of hydrogen-bond donors (Lipinski definition) is 3. The van der Waals surface area contributed by atoms with Gasteiger partial charge in [0.15, 0.2) is 5.76 Å². The molecule has 3 amide bonds. The Bertz CT molecular complexity index is 1080. The van der Waals surface area contributed by atoms with Crippen molar-refractivity contribution in [2.24, 2.45) is 0 Å². The number of furan rings is 1. The molecule has 9 nitrogen and oxygen atoms in total. The molecule has 166 valence electrons. The second-order valence-corrected chi connectivity index (χ2v) is 6.65. The molecule has 9 heteroatoms. The number of ether oxygens (including phenoxy) is 2. The summed E-state index contributed by atoms with van der Waals surface area (Å²) in [7, 11) is 2.87. The van der Waals surface area contributed by atoms with E-state index in [1.165, 1.54) is 38.7 Å². The Morgan fingerprint density at radius 3 is 1.94 bits per heavy atom. The highest BCUT2D eigenvalue weighted by molar-refractivity contribution is 6.04. The molecule has 1 aromatic heterocycles. The van der Waals surface area contributed by atoms with Crippen molar-refractivity contribution < 1.29 is 28.3 Å². The average molecular weight is 437 g/mol. The molecule has 3 N–H and O–H groups in total. The van der Waals surface area contributed by atoms with Crippen LogP contribution in [0.4, 0.5) is 17.1 Å². The first-order chi connectivity index (χ1) is 15.5. The molecule has 2 aromatic carbocycles. The maximum absolute atomic E-state index is 12.4. The molecule has 0 radical (unpaired) electrons. The number of para-hydroxylation sites is 1. The molecule has 0 aliphatic carbocycles. The molecule has 0 unspecified atom stereocenters. The number of benzene rings is 2. The van der Waals surface area contributed by atoms with Crippen LogP contribution in [0.5, 0.6) is 11.5 Å². The van der Waals surface area contributed by atoms with Crippen LogP contribution >= 0.6 is 0 Å². The van der Waals surface area contributed by atoms with Crippen molar-refractivity contribution in [3.63, 3.8) is 0 Å². The van der Waals surface area contributed by atoms with Crippen LogP contribution in [0.25, 0.3) is 0 Å². The van der Waals surface area contributed by atoms with Gasteiger partial charge >= 0.3 is 0 Å². The number of anilines is 3. The number of amides is 3. The Morgan fingerprint density at radius 1 is 0.781 bits per heavy atom. The van der Waals surface area contributed by atoms with Crippen molar-refractivity contribution in [2.45, 2.75) is 12.8 Å². The molecule has 3 rings (SSSR count). The van der Waals surface area contributed by atoms with Crippen LogP contribution in [0.3, 0.4) is 0 Å². The summed E-state index contributed by atoms with van der Waals surface area (Å²) in [5.74, 6) is -0.355. The van der Waals surface area contributed by atoms with Gasteiger partial charge in [-0.15, -0.1) is 0 Å². The third kappa shape index (κ3) is 5.88. The van der Waals surface area contributed by atoms with Gasteiger partial charge in [0.05, 0.1) is 31.9 Å². The number of hydrogen-bond acceptors (Lipinski definition) is 6. The molecule has 0 spiro atoms. The van der Waals surface area contributed by atoms with E-state index in [0.29, 0.717) is 28.6 Å². The predicted octanol–water partition coefficient (Wildman–Crippen LogP) is 3.91. The Hall–Kier alpha value is -4.27. The predicted molar refractivity (Wildman–Crippen MR) is 119 cm³/mol. The minimum absolute atomic E-state index is 0.0114. The summed E-state index contributed by atoms with van der Waals surface area (Å²) >= 11 is 0. The monoisotopic (exact) mass is 437 g/mol. The van der Waals surface area contributed by atoms with Crippen molar-refractivity contribution >= 4 is 34.8 Å². The van der Waals surface area contributed by atoms with Crippen LogP contribution in [0.2, 0.25) is 0 Å². The molecule has 0 aliphatic heterocycles. The van der Waals surface area contributed by atoms with Gasteiger partial charge in [0.1, 0.15) is 11.5 Å². The second kappa shape index (κ2) is 10.7. The van der Waals surface area contributed by atoms with Gasteiger partial charge < -0.3 is 29.8 Å². The van der Waals surface area contributed by atoms with Gasteiger partial charge in [-0.05, 0) is 24.3 Å². The van der Waals surface area contributed by atoms with Gasteiger partial charge in [-0.1, -0.05) is 18.2 Å². The third-order valence-electron chi connectivity index (χ3n) is 4.43. The summed E-state index contributed by atoms with van der Waals surface area (Å²) in [6.45, 7) is 0. The number of carbonyl (C=O) groups excluding carboxylic acids is 3. The lowest BCUT2D eigenvalue weighted by Crippen LogP contribution is -2.18. The summed E-state index contributed by atoms with van der Waals surface area (Å²) in [6, 6.07) is 15.2. The maximum Gasteiger partial charge on any atom is 0.291 e. The Kier molecular flexibility index (Phi) is 7.47. The molecule has 0 saturated heterocycles. The zero-order valence-electron chi connectivity index (χ0n) is 17.6. The first-order valence-corrected chi connectivity index (χ1v) is 9.75. The summed E-state index contributed by atoms with van der Waals surface area (Å²) in [5.41, 5.74) is 1.34. The van der Waals surface area contributed by atoms with Crippen molar-refractivity contribution in [1.82, 2.24) is 0 Å². The second-order valence-electron chi connectivity index (χ2n) is 6.65. The van der Waals surface area contributed by atoms with Crippen molar-refractivity contribution in [3.05, 3.63) is 66.6 Å². The molecule has 0 fully saturated rings. The fourth-order valence-electron chi connectivity index (χ4n) is 2.87. The number of rotatable bonds is 9. The van der Waals surface area contributed by atoms with Gasteiger partial charge in [-0.2, -0.15) is 0 Å². The van der Waals surface area contributed by atoms with Crippen LogP contribution in [-0.2, 0) is 9.59 Å². The fourth-order valence-corrected chi connectivity index (χ4v) is 2.87. The minimum Gasteiger partial charge on any atom is -0.494 e. The number of nitrogens with one attached hydrogen (secondary N) is 3. The van der Waals surface area contributed by atoms with Gasteiger partial charge in [0, 0.05) is 30.7 Å². The fraction of sp³-hybridized carbons (Fsp3) is 0.174. The Labute approximate surface area is 184 Å². The van der Waals surface area contributed by atoms with Gasteiger partial charge in [-0.25, -0.2) is 0 Å². The molecular weight excluding hydrogens is 414 g/mol. The van der Waals surface area contributed by atoms with E-state index in [9.17, 15) is 14.4 Å². The quantitative estimate of drug-likeness (QED) is 0.467. The van der Waals surface area contributed by atoms with E-state index in [1.807, 2.05) is 18.2 Å². The van der Waals surface area contributed by atoms with Crippen LogP contribution in [-0.4, -0.2) is 31.9 Å². The summed E-state index contributed by atoms with van der Waals surface area (Å²) < 4.78 is 15.8. The molecule has 0 atom stereocenters. The van der Waals surface area contributed by atoms with Crippen LogP contribution in [0.15, 0.2) is 65.3 Å². The lowest BCUT2D eigenvalue weighted by Gasteiger charge is -2.16. The first kappa shape index (κ1) is 22.4. The van der Waals surface area contributed by atoms with Gasteiger partial charge in [-0.3, -0.25) is 14.4 Å². The van der Waals surface area contributed by atoms with E-state index < -0.39 is 5.91 Å². The van der Waals surface area contributed by atoms with Crippen molar-refractivity contribution in [1.29, 1.82) is 0 Å². The number of methoxy groups -OCH3 is 2. The van der Waals surface area contributed by atoms with Gasteiger partial charge in [0.25, 0.3) is 5.91 Å². The maximum atomic E-state index is 12.4. The van der Waals surface area contributed by atoms with Crippen LogP contribution in [0, 0.1) is 0 Å². The average Bonchev–Trinajstić information content (AvgIpc) is 3.34. The normalized spacial score (nSPS) is 10.2. The molecule has 0 aliphatic rings. The summed E-state index contributed by atoms with van der Waals surface area (Å²) in [4.78, 5) is 36.7. The molecule has 32 heavy (non-hydrogen) atoms. The third-order valence-corrected chi connectivity index (χ3v) is 4.43. The van der Waals surface area contributed by atoms with E-state index in [2.05, 4.69) is 16.0 Å². The number of carbonyl (C=O) groups is 3. The van der Waals surface area contributed by atoms with Crippen LogP contribution < -0.4 is 25.4 Å². The SMILES string of the molecule is COc1cc(NC(=O)c2ccco2)c(OC)cc1NC(=O)CCC(=O)Nc1ccccc1. The molecule has 0 bridgehead atoms. The van der Waals surface area contributed by atoms with Crippen molar-refractivity contribution in [3.8, 4) is 11.5 Å². The first-order valence-electron chi connectivity index (χ1n) is 9.75. The van der Waals surface area contributed by atoms with E-state index in [4.69, 9.17) is 13.9 Å². The Morgan fingerprint density at radius 2 is 1.38 bits per heavy atom. The Balaban J connectivity index is 1.64. The lowest BCUT2D eigenvalue weighted by atomic mass is 10.2. The molecular formula is C23H23N3O6. The molecule has 1 heterocycles. The summed E-state index contributed by atoms with van der Waals surface area (Å²) in [6.07, 6.45) is 1.38. The molecule has 3 aromatic rings. The zero-order valence-corrected chi connectivity index (χ0v) is 17.6. The zero-order chi connectivity index (χ0) is 22.9. The highest BCUT2D eigenvalue weighted by atomic mass is 16.5. The molecule has 0 saturated carbocycles. The smallest absolute Gasteiger partial charge is 0.291 e. The lowest BCUT2D eigenvalue weighted by molar-refractivity contribution is -0.121. The van der Waals surface area contributed by atoms with Gasteiger partial charge in [0.2, 0.25) is 11.8 Å². The van der Waals surface area contributed by atoms with E-state index in [0.717, 1.165) is 0 Å².